The van der Waals surface area contributed by atoms with Gasteiger partial charge in [0.25, 0.3) is 0 Å². The van der Waals surface area contributed by atoms with Crippen molar-refractivity contribution in [3.8, 4) is 0 Å². The van der Waals surface area contributed by atoms with E-state index in [1.807, 2.05) is 24.3 Å². The van der Waals surface area contributed by atoms with E-state index in [4.69, 9.17) is 10.5 Å². The first-order chi connectivity index (χ1) is 6.74. The average molecular weight is 209 g/mol. The molecule has 4 heteroatoms. The summed E-state index contributed by atoms with van der Waals surface area (Å²) < 4.78 is 4.73. The van der Waals surface area contributed by atoms with Crippen LogP contribution in [0.5, 0.6) is 0 Å². The fourth-order valence-corrected chi connectivity index (χ4v) is 2.80. The van der Waals surface area contributed by atoms with E-state index in [2.05, 4.69) is 0 Å². The van der Waals surface area contributed by atoms with E-state index in [1.54, 1.807) is 0 Å². The molecule has 0 saturated carbocycles. The number of carbonyl (C=O) groups excluding carboxylic acids is 1. The highest BCUT2D eigenvalue weighted by molar-refractivity contribution is 8.00. The van der Waals surface area contributed by atoms with Crippen LogP contribution in [0.4, 0.5) is 0 Å². The molecular weight excluding hydrogens is 198 g/mol. The molecular formula is C10H11NO2S. The first-order valence-corrected chi connectivity index (χ1v) is 5.21. The Hall–Kier alpha value is -1.00. The van der Waals surface area contributed by atoms with E-state index < -0.39 is 0 Å². The zero-order valence-electron chi connectivity index (χ0n) is 7.77. The Bertz CT molecular complexity index is 367. The zero-order chi connectivity index (χ0) is 10.1. The molecule has 2 atom stereocenters. The highest BCUT2D eigenvalue weighted by Gasteiger charge is 2.36. The molecule has 1 aliphatic rings. The molecule has 0 saturated heterocycles. The second-order valence-corrected chi connectivity index (χ2v) is 4.34. The lowest BCUT2D eigenvalue weighted by Crippen LogP contribution is -2.27. The second-order valence-electron chi connectivity index (χ2n) is 3.12. The molecule has 2 rings (SSSR count). The fraction of sp³-hybridized carbons (Fsp3) is 0.300. The zero-order valence-corrected chi connectivity index (χ0v) is 8.58. The van der Waals surface area contributed by atoms with Gasteiger partial charge in [0.15, 0.2) is 0 Å². The van der Waals surface area contributed by atoms with Crippen LogP contribution in [-0.4, -0.2) is 18.5 Å². The van der Waals surface area contributed by atoms with Gasteiger partial charge in [0, 0.05) is 4.90 Å². The third kappa shape index (κ3) is 1.40. The van der Waals surface area contributed by atoms with E-state index in [9.17, 15) is 4.79 Å². The number of nitrogens with two attached hydrogens (primary N) is 1. The molecule has 0 aliphatic carbocycles. The van der Waals surface area contributed by atoms with Crippen LogP contribution in [0.15, 0.2) is 29.2 Å². The largest absolute Gasteiger partial charge is 0.468 e. The molecule has 0 spiro atoms. The minimum absolute atomic E-state index is 0.222. The molecule has 14 heavy (non-hydrogen) atoms. The van der Waals surface area contributed by atoms with Crippen molar-refractivity contribution in [1.29, 1.82) is 0 Å². The van der Waals surface area contributed by atoms with Crippen LogP contribution in [0.3, 0.4) is 0 Å². The summed E-state index contributed by atoms with van der Waals surface area (Å²) in [6, 6.07) is 7.76. The van der Waals surface area contributed by atoms with Crippen LogP contribution in [0.2, 0.25) is 0 Å². The molecule has 1 aromatic carbocycles. The Morgan fingerprint density at radius 3 is 2.93 bits per heavy atom. The van der Waals surface area contributed by atoms with E-state index in [-0.39, 0.29) is 17.3 Å². The minimum Gasteiger partial charge on any atom is -0.468 e. The van der Waals surface area contributed by atoms with Crippen LogP contribution in [0.1, 0.15) is 11.5 Å². The van der Waals surface area contributed by atoms with Crippen LogP contribution in [0.25, 0.3) is 0 Å². The predicted molar refractivity (Wildman–Crippen MR) is 55.0 cm³/mol. The highest BCUT2D eigenvalue weighted by atomic mass is 32.2. The summed E-state index contributed by atoms with van der Waals surface area (Å²) in [6.07, 6.45) is 0. The van der Waals surface area contributed by atoms with Crippen molar-refractivity contribution < 1.29 is 9.53 Å². The maximum absolute atomic E-state index is 11.5. The number of rotatable bonds is 1. The topological polar surface area (TPSA) is 52.3 Å². The van der Waals surface area contributed by atoms with Crippen molar-refractivity contribution in [2.75, 3.05) is 7.11 Å². The highest BCUT2D eigenvalue weighted by Crippen LogP contribution is 2.43. The normalized spacial score (nSPS) is 24.4. The number of esters is 1. The molecule has 0 amide bonds. The molecule has 0 radical (unpaired) electrons. The molecule has 1 aliphatic heterocycles. The predicted octanol–water partition coefficient (Wildman–Crippen LogP) is 1.33. The van der Waals surface area contributed by atoms with Crippen molar-refractivity contribution in [2.24, 2.45) is 5.73 Å². The number of methoxy groups -OCH3 is 1. The number of fused-ring (bicyclic) bond motifs is 1. The van der Waals surface area contributed by atoms with Crippen molar-refractivity contribution in [3.63, 3.8) is 0 Å². The molecule has 0 bridgehead atoms. The van der Waals surface area contributed by atoms with Crippen LogP contribution >= 0.6 is 11.8 Å². The Labute approximate surface area is 86.6 Å². The lowest BCUT2D eigenvalue weighted by atomic mass is 10.00. The first kappa shape index (κ1) is 9.55. The Balaban J connectivity index is 2.39. The van der Waals surface area contributed by atoms with Crippen molar-refractivity contribution in [3.05, 3.63) is 29.8 Å². The van der Waals surface area contributed by atoms with Gasteiger partial charge in [0.1, 0.15) is 5.92 Å². The minimum atomic E-state index is -0.318. The molecule has 3 nitrogen and oxygen atoms in total. The van der Waals surface area contributed by atoms with Crippen LogP contribution < -0.4 is 5.73 Å². The Kier molecular flexibility index (Phi) is 2.48. The summed E-state index contributed by atoms with van der Waals surface area (Å²) in [5.74, 6) is -0.573. The monoisotopic (exact) mass is 209 g/mol. The number of benzene rings is 1. The molecule has 0 fully saturated rings. The fourth-order valence-electron chi connectivity index (χ4n) is 1.62. The number of carbonyl (C=O) groups is 1. The number of thioether (sulfide) groups is 1. The average Bonchev–Trinajstić information content (AvgIpc) is 2.53. The lowest BCUT2D eigenvalue weighted by Gasteiger charge is -2.12. The van der Waals surface area contributed by atoms with Gasteiger partial charge in [0.2, 0.25) is 0 Å². The Morgan fingerprint density at radius 1 is 1.50 bits per heavy atom. The van der Waals surface area contributed by atoms with Gasteiger partial charge in [-0.25, -0.2) is 0 Å². The summed E-state index contributed by atoms with van der Waals surface area (Å²) in [5.41, 5.74) is 6.85. The molecule has 74 valence electrons. The van der Waals surface area contributed by atoms with E-state index in [0.717, 1.165) is 10.5 Å². The first-order valence-electron chi connectivity index (χ1n) is 4.33. The third-order valence-corrected chi connectivity index (χ3v) is 3.47. The molecule has 1 heterocycles. The number of hydrogen-bond acceptors (Lipinski definition) is 4. The van der Waals surface area contributed by atoms with Crippen LogP contribution in [0, 0.1) is 0 Å². The molecule has 1 aromatic rings. The lowest BCUT2D eigenvalue weighted by molar-refractivity contribution is -0.142. The molecule has 0 aromatic heterocycles. The summed E-state index contributed by atoms with van der Waals surface area (Å²) in [4.78, 5) is 12.6. The molecule has 2 unspecified atom stereocenters. The third-order valence-electron chi connectivity index (χ3n) is 2.30. The SMILES string of the molecule is COC(=O)C1c2ccccc2SC1N. The summed E-state index contributed by atoms with van der Waals surface area (Å²) in [5, 5.41) is -0.222. The van der Waals surface area contributed by atoms with E-state index in [0.29, 0.717) is 0 Å². The summed E-state index contributed by atoms with van der Waals surface area (Å²) >= 11 is 1.52. The van der Waals surface area contributed by atoms with Gasteiger partial charge in [-0.05, 0) is 11.6 Å². The van der Waals surface area contributed by atoms with Gasteiger partial charge in [-0.15, -0.1) is 11.8 Å². The van der Waals surface area contributed by atoms with Gasteiger partial charge in [0.05, 0.1) is 12.5 Å². The standard InChI is InChI=1S/C10H11NO2S/c1-13-10(12)8-6-4-2-3-5-7(6)14-9(8)11/h2-5,8-9H,11H2,1H3. The quantitative estimate of drug-likeness (QED) is 0.709. The van der Waals surface area contributed by atoms with Crippen LogP contribution in [-0.2, 0) is 9.53 Å². The van der Waals surface area contributed by atoms with Gasteiger partial charge in [-0.1, -0.05) is 18.2 Å². The molecule has 2 N–H and O–H groups in total. The Morgan fingerprint density at radius 2 is 2.21 bits per heavy atom. The van der Waals surface area contributed by atoms with Crippen molar-refractivity contribution in [2.45, 2.75) is 16.2 Å². The van der Waals surface area contributed by atoms with Gasteiger partial charge in [-0.2, -0.15) is 0 Å². The summed E-state index contributed by atoms with van der Waals surface area (Å²) in [6.45, 7) is 0. The maximum atomic E-state index is 11.5. The summed E-state index contributed by atoms with van der Waals surface area (Å²) in [7, 11) is 1.39. The number of hydrogen-bond donors (Lipinski definition) is 1. The van der Waals surface area contributed by atoms with Gasteiger partial charge < -0.3 is 10.5 Å². The van der Waals surface area contributed by atoms with Gasteiger partial charge in [-0.3, -0.25) is 4.79 Å². The van der Waals surface area contributed by atoms with E-state index >= 15 is 0 Å². The van der Waals surface area contributed by atoms with Gasteiger partial charge >= 0.3 is 5.97 Å². The number of ether oxygens (including phenoxy) is 1. The van der Waals surface area contributed by atoms with Crippen molar-refractivity contribution in [1.82, 2.24) is 0 Å². The maximum Gasteiger partial charge on any atom is 0.315 e. The van der Waals surface area contributed by atoms with Crippen molar-refractivity contribution >= 4 is 17.7 Å². The smallest absolute Gasteiger partial charge is 0.315 e. The van der Waals surface area contributed by atoms with E-state index in [1.165, 1.54) is 18.9 Å². The second kappa shape index (κ2) is 3.63.